The topological polar surface area (TPSA) is 20.3 Å². The number of nitrogens with zero attached hydrogens (tertiary/aromatic N) is 1. The second kappa shape index (κ2) is 7.35. The van der Waals surface area contributed by atoms with Gasteiger partial charge in [0.2, 0.25) is 0 Å². The van der Waals surface area contributed by atoms with E-state index in [0.717, 1.165) is 32.7 Å². The molecule has 2 nitrogen and oxygen atoms in total. The molecule has 0 aromatic heterocycles. The van der Waals surface area contributed by atoms with Crippen LogP contribution in [0.25, 0.3) is 21.5 Å². The molecule has 0 saturated heterocycles. The average Bonchev–Trinajstić information content (AvgIpc) is 2.72. The zero-order valence-corrected chi connectivity index (χ0v) is 14.9. The zero-order valence-electron chi connectivity index (χ0n) is 14.9. The van der Waals surface area contributed by atoms with Crippen molar-refractivity contribution in [1.82, 2.24) is 4.90 Å². The highest BCUT2D eigenvalue weighted by atomic mass is 16.2. The van der Waals surface area contributed by atoms with Crippen LogP contribution in [0.1, 0.15) is 15.9 Å². The van der Waals surface area contributed by atoms with E-state index in [4.69, 9.17) is 6.42 Å². The highest BCUT2D eigenvalue weighted by molar-refractivity contribution is 6.18. The third kappa shape index (κ3) is 3.28. The Balaban J connectivity index is 1.87. The number of carbonyl (C=O) groups excluding carboxylic acids is 1. The minimum absolute atomic E-state index is 0.0372. The van der Waals surface area contributed by atoms with Crippen LogP contribution in [-0.2, 0) is 6.54 Å². The van der Waals surface area contributed by atoms with Crippen molar-refractivity contribution in [2.75, 3.05) is 6.54 Å². The van der Waals surface area contributed by atoms with Gasteiger partial charge in [0.05, 0.1) is 12.1 Å². The molecule has 130 valence electrons. The summed E-state index contributed by atoms with van der Waals surface area (Å²) in [5.41, 5.74) is 1.78. The lowest BCUT2D eigenvalue weighted by Gasteiger charge is -2.22. The van der Waals surface area contributed by atoms with Gasteiger partial charge in [0.15, 0.2) is 0 Å². The van der Waals surface area contributed by atoms with E-state index in [2.05, 4.69) is 12.0 Å². The van der Waals surface area contributed by atoms with Gasteiger partial charge in [0.1, 0.15) is 0 Å². The maximum Gasteiger partial charge on any atom is 0.256 e. The lowest BCUT2D eigenvalue weighted by Crippen LogP contribution is -2.31. The van der Waals surface area contributed by atoms with Crippen molar-refractivity contribution in [3.05, 3.63) is 96.1 Å². The molecule has 4 aromatic rings. The number of fused-ring (bicyclic) bond motifs is 2. The van der Waals surface area contributed by atoms with E-state index in [-0.39, 0.29) is 12.5 Å². The third-order valence-corrected chi connectivity index (χ3v) is 4.77. The van der Waals surface area contributed by atoms with Gasteiger partial charge in [-0.25, -0.2) is 0 Å². The molecule has 0 atom stereocenters. The molecule has 0 unspecified atom stereocenters. The molecule has 0 N–H and O–H groups in total. The summed E-state index contributed by atoms with van der Waals surface area (Å²) in [4.78, 5) is 15.3. The van der Waals surface area contributed by atoms with Crippen LogP contribution >= 0.6 is 0 Å². The quantitative estimate of drug-likeness (QED) is 0.363. The lowest BCUT2D eigenvalue weighted by atomic mass is 9.95. The normalized spacial score (nSPS) is 10.6. The van der Waals surface area contributed by atoms with E-state index in [9.17, 15) is 4.79 Å². The number of rotatable bonds is 4. The first kappa shape index (κ1) is 16.9. The first-order valence-electron chi connectivity index (χ1n) is 8.95. The average molecular weight is 349 g/mol. The van der Waals surface area contributed by atoms with E-state index >= 15 is 0 Å². The molecule has 4 rings (SSSR count). The Kier molecular flexibility index (Phi) is 4.60. The summed E-state index contributed by atoms with van der Waals surface area (Å²) in [6.45, 7) is 0.757. The number of benzene rings is 4. The third-order valence-electron chi connectivity index (χ3n) is 4.77. The summed E-state index contributed by atoms with van der Waals surface area (Å²) in [6.07, 6.45) is 5.58. The Morgan fingerprint density at radius 2 is 1.37 bits per heavy atom. The Morgan fingerprint density at radius 1 is 0.815 bits per heavy atom. The number of hydrogen-bond acceptors (Lipinski definition) is 1. The van der Waals surface area contributed by atoms with Gasteiger partial charge in [-0.05, 0) is 33.2 Å². The predicted molar refractivity (Wildman–Crippen MR) is 111 cm³/mol. The number of terminal acetylenes is 1. The van der Waals surface area contributed by atoms with Crippen molar-refractivity contribution in [2.24, 2.45) is 0 Å². The Bertz CT molecular complexity index is 1100. The summed E-state index contributed by atoms with van der Waals surface area (Å²) < 4.78 is 0. The summed E-state index contributed by atoms with van der Waals surface area (Å²) in [5.74, 6) is 2.60. The van der Waals surface area contributed by atoms with E-state index in [1.807, 2.05) is 78.9 Å². The van der Waals surface area contributed by atoms with Gasteiger partial charge in [0, 0.05) is 6.54 Å². The molecular formula is C25H19NO. The molecule has 27 heavy (non-hydrogen) atoms. The molecule has 0 spiro atoms. The van der Waals surface area contributed by atoms with Crippen LogP contribution in [0.2, 0.25) is 0 Å². The lowest BCUT2D eigenvalue weighted by molar-refractivity contribution is 0.0769. The first-order chi connectivity index (χ1) is 13.3. The van der Waals surface area contributed by atoms with Crippen LogP contribution in [0.4, 0.5) is 0 Å². The van der Waals surface area contributed by atoms with Gasteiger partial charge in [-0.3, -0.25) is 4.79 Å². The van der Waals surface area contributed by atoms with Crippen molar-refractivity contribution < 1.29 is 4.79 Å². The van der Waals surface area contributed by atoms with E-state index in [1.54, 1.807) is 4.90 Å². The zero-order chi connectivity index (χ0) is 18.6. The van der Waals surface area contributed by atoms with Gasteiger partial charge < -0.3 is 4.90 Å². The molecule has 0 aliphatic heterocycles. The Hall–Kier alpha value is -3.57. The van der Waals surface area contributed by atoms with Crippen LogP contribution < -0.4 is 0 Å². The monoisotopic (exact) mass is 349 g/mol. The maximum atomic E-state index is 13.6. The molecule has 0 aliphatic rings. The molecule has 0 fully saturated rings. The van der Waals surface area contributed by atoms with Gasteiger partial charge in [0.25, 0.3) is 5.91 Å². The van der Waals surface area contributed by atoms with Crippen LogP contribution in [0.15, 0.2) is 84.9 Å². The smallest absolute Gasteiger partial charge is 0.256 e. The van der Waals surface area contributed by atoms with Crippen molar-refractivity contribution >= 4 is 27.5 Å². The number of amides is 1. The van der Waals surface area contributed by atoms with Gasteiger partial charge >= 0.3 is 0 Å². The second-order valence-electron chi connectivity index (χ2n) is 6.54. The number of hydrogen-bond donors (Lipinski definition) is 0. The summed E-state index contributed by atoms with van der Waals surface area (Å²) in [6, 6.07) is 28.1. The van der Waals surface area contributed by atoms with Crippen LogP contribution in [0.5, 0.6) is 0 Å². The molecule has 0 bridgehead atoms. The molecule has 0 heterocycles. The highest BCUT2D eigenvalue weighted by Crippen LogP contribution is 2.29. The maximum absolute atomic E-state index is 13.6. The molecule has 0 aliphatic carbocycles. The molecule has 0 saturated carbocycles. The van der Waals surface area contributed by atoms with Crippen molar-refractivity contribution in [3.63, 3.8) is 0 Å². The summed E-state index contributed by atoms with van der Waals surface area (Å²) in [5, 5.41) is 4.02. The molecule has 4 aromatic carbocycles. The number of carbonyl (C=O) groups is 1. The van der Waals surface area contributed by atoms with Crippen LogP contribution in [-0.4, -0.2) is 17.4 Å². The van der Waals surface area contributed by atoms with E-state index < -0.39 is 0 Å². The van der Waals surface area contributed by atoms with Gasteiger partial charge in [-0.1, -0.05) is 84.8 Å². The molecule has 1 amide bonds. The molecule has 2 heteroatoms. The van der Waals surface area contributed by atoms with E-state index in [0.29, 0.717) is 6.54 Å². The minimum atomic E-state index is -0.0372. The summed E-state index contributed by atoms with van der Waals surface area (Å²) >= 11 is 0. The highest BCUT2D eigenvalue weighted by Gasteiger charge is 2.20. The predicted octanol–water partition coefficient (Wildman–Crippen LogP) is 5.27. The van der Waals surface area contributed by atoms with Gasteiger partial charge in [-0.2, -0.15) is 0 Å². The fraction of sp³-hybridized carbons (Fsp3) is 0.0800. The van der Waals surface area contributed by atoms with Gasteiger partial charge in [-0.15, -0.1) is 6.42 Å². The Labute approximate surface area is 159 Å². The first-order valence-corrected chi connectivity index (χ1v) is 8.95. The van der Waals surface area contributed by atoms with E-state index in [1.165, 1.54) is 0 Å². The van der Waals surface area contributed by atoms with Crippen LogP contribution in [0, 0.1) is 12.3 Å². The molecular weight excluding hydrogens is 330 g/mol. The standard InChI is InChI=1S/C25H19NO/c1-2-16-26(18-19-10-4-3-5-11-19)25(27)24-22-14-8-6-12-20(22)17-21-13-7-9-15-23(21)24/h1,3-15,17H,16,18H2. The largest absolute Gasteiger partial charge is 0.323 e. The fourth-order valence-electron chi connectivity index (χ4n) is 3.52. The van der Waals surface area contributed by atoms with Crippen molar-refractivity contribution in [2.45, 2.75) is 6.54 Å². The fourth-order valence-corrected chi connectivity index (χ4v) is 3.52. The van der Waals surface area contributed by atoms with Crippen molar-refractivity contribution in [3.8, 4) is 12.3 Å². The minimum Gasteiger partial charge on any atom is -0.323 e. The Morgan fingerprint density at radius 3 is 1.96 bits per heavy atom. The van der Waals surface area contributed by atoms with Crippen LogP contribution in [0.3, 0.4) is 0 Å². The van der Waals surface area contributed by atoms with Crippen molar-refractivity contribution in [1.29, 1.82) is 0 Å². The second-order valence-corrected chi connectivity index (χ2v) is 6.54. The molecule has 0 radical (unpaired) electrons. The SMILES string of the molecule is C#CCN(Cc1ccccc1)C(=O)c1c2ccccc2cc2ccccc12. The summed E-state index contributed by atoms with van der Waals surface area (Å²) in [7, 11) is 0.